The molecule has 3 aromatic carbocycles. The summed E-state index contributed by atoms with van der Waals surface area (Å²) >= 11 is 0. The number of primary sulfonamides is 1. The van der Waals surface area contributed by atoms with Crippen molar-refractivity contribution in [1.29, 1.82) is 0 Å². The minimum Gasteiger partial charge on any atom is -0.497 e. The molecule has 0 aromatic heterocycles. The van der Waals surface area contributed by atoms with Crippen LogP contribution in [0, 0.1) is 0 Å². The lowest BCUT2D eigenvalue weighted by molar-refractivity contribution is -0.120. The number of carbonyl (C=O) groups excluding carboxylic acids is 2. The zero-order chi connectivity index (χ0) is 27.0. The molecular weight excluding hydrogens is 504 g/mol. The Kier molecular flexibility index (Phi) is 6.81. The number of nitrogens with two attached hydrogens (primary N) is 1. The fourth-order valence-electron chi connectivity index (χ4n) is 5.45. The first kappa shape index (κ1) is 25.7. The maximum atomic E-state index is 13.8. The van der Waals surface area contributed by atoms with Crippen molar-refractivity contribution in [2.24, 2.45) is 5.14 Å². The number of hydrogen-bond acceptors (Lipinski definition) is 6. The third-order valence-electron chi connectivity index (χ3n) is 7.24. The second-order valence-corrected chi connectivity index (χ2v) is 11.0. The molecule has 2 aliphatic rings. The van der Waals surface area contributed by atoms with Gasteiger partial charge in [0.25, 0.3) is 0 Å². The summed E-state index contributed by atoms with van der Waals surface area (Å²) in [5.74, 6) is 0.342. The number of methoxy groups -OCH3 is 2. The lowest BCUT2D eigenvalue weighted by atomic mass is 9.72. The third-order valence-corrected chi connectivity index (χ3v) is 8.17. The third kappa shape index (κ3) is 4.70. The number of ketones is 1. The number of Topliss-reactive ketones (excluding diaryl/α,β-unsaturated/α-hetero) is 1. The molecule has 0 bridgehead atoms. The number of amides is 1. The van der Waals surface area contributed by atoms with E-state index in [-0.39, 0.29) is 28.9 Å². The number of benzene rings is 3. The molecular formula is C29H28N2O6S. The molecule has 3 aromatic rings. The van der Waals surface area contributed by atoms with E-state index in [0.29, 0.717) is 41.3 Å². The summed E-state index contributed by atoms with van der Waals surface area (Å²) < 4.78 is 34.5. The lowest BCUT2D eigenvalue weighted by Crippen LogP contribution is -2.41. The lowest BCUT2D eigenvalue weighted by Gasteiger charge is -2.40. The Morgan fingerprint density at radius 3 is 2.21 bits per heavy atom. The molecule has 1 aliphatic carbocycles. The number of sulfonamides is 1. The first-order valence-electron chi connectivity index (χ1n) is 12.2. The van der Waals surface area contributed by atoms with Crippen molar-refractivity contribution in [2.75, 3.05) is 19.1 Å². The molecule has 38 heavy (non-hydrogen) atoms. The zero-order valence-electron chi connectivity index (χ0n) is 21.1. The van der Waals surface area contributed by atoms with Gasteiger partial charge < -0.3 is 9.47 Å². The molecule has 0 saturated heterocycles. The minimum atomic E-state index is -3.89. The van der Waals surface area contributed by atoms with Gasteiger partial charge in [0.2, 0.25) is 15.9 Å². The Balaban J connectivity index is 1.66. The Labute approximate surface area is 221 Å². The van der Waals surface area contributed by atoms with E-state index in [1.54, 1.807) is 43.4 Å². The number of anilines is 1. The van der Waals surface area contributed by atoms with Crippen molar-refractivity contribution in [2.45, 2.75) is 36.0 Å². The molecule has 0 fully saturated rings. The smallest absolute Gasteiger partial charge is 0.238 e. The average Bonchev–Trinajstić information content (AvgIpc) is 2.92. The van der Waals surface area contributed by atoms with Crippen molar-refractivity contribution in [3.05, 3.63) is 95.2 Å². The van der Waals surface area contributed by atoms with Gasteiger partial charge in [-0.1, -0.05) is 36.4 Å². The van der Waals surface area contributed by atoms with Gasteiger partial charge in [-0.05, 0) is 48.2 Å². The second kappa shape index (κ2) is 10.1. The molecule has 2 atom stereocenters. The quantitative estimate of drug-likeness (QED) is 0.507. The van der Waals surface area contributed by atoms with E-state index in [0.717, 1.165) is 11.1 Å². The standard InChI is InChI=1S/C29H28N2O6S/c1-36-21-10-13-23(27(16-21)37-2)24-17-28(33)31(20-8-11-22(12-9-20)38(30,34)35)25-14-19(15-26(32)29(24)25)18-6-4-3-5-7-18/h3-13,16,19,24H,14-15,17H2,1-2H3,(H2,30,34,35). The van der Waals surface area contributed by atoms with Crippen LogP contribution in [0.15, 0.2) is 89.0 Å². The van der Waals surface area contributed by atoms with Crippen LogP contribution in [0.4, 0.5) is 5.69 Å². The number of ether oxygens (including phenoxy) is 2. The molecule has 8 nitrogen and oxygen atoms in total. The second-order valence-electron chi connectivity index (χ2n) is 9.43. The van der Waals surface area contributed by atoms with Gasteiger partial charge in [-0.25, -0.2) is 13.6 Å². The first-order valence-corrected chi connectivity index (χ1v) is 13.7. The molecule has 0 spiro atoms. The van der Waals surface area contributed by atoms with E-state index in [1.807, 2.05) is 36.4 Å². The van der Waals surface area contributed by atoms with E-state index in [9.17, 15) is 18.0 Å². The van der Waals surface area contributed by atoms with Crippen LogP contribution in [0.25, 0.3) is 0 Å². The Hall–Kier alpha value is -3.95. The van der Waals surface area contributed by atoms with E-state index in [4.69, 9.17) is 14.6 Å². The topological polar surface area (TPSA) is 116 Å². The Morgan fingerprint density at radius 2 is 1.58 bits per heavy atom. The number of allylic oxidation sites excluding steroid dienone is 2. The predicted molar refractivity (Wildman–Crippen MR) is 143 cm³/mol. The summed E-state index contributed by atoms with van der Waals surface area (Å²) in [6, 6.07) is 21.0. The van der Waals surface area contributed by atoms with E-state index < -0.39 is 15.9 Å². The van der Waals surface area contributed by atoms with E-state index in [2.05, 4.69) is 0 Å². The number of hydrogen-bond donors (Lipinski definition) is 1. The number of nitrogens with zero attached hydrogens (tertiary/aromatic N) is 1. The maximum absolute atomic E-state index is 13.8. The van der Waals surface area contributed by atoms with Crippen LogP contribution in [0.5, 0.6) is 11.5 Å². The highest BCUT2D eigenvalue weighted by Crippen LogP contribution is 2.48. The van der Waals surface area contributed by atoms with Gasteiger partial charge in [0.05, 0.1) is 19.1 Å². The first-order chi connectivity index (χ1) is 18.2. The summed E-state index contributed by atoms with van der Waals surface area (Å²) in [6.07, 6.45) is 0.854. The van der Waals surface area contributed by atoms with Crippen LogP contribution in [0.3, 0.4) is 0 Å². The highest BCUT2D eigenvalue weighted by molar-refractivity contribution is 7.89. The van der Waals surface area contributed by atoms with Gasteiger partial charge in [0.1, 0.15) is 11.5 Å². The van der Waals surface area contributed by atoms with Gasteiger partial charge in [-0.3, -0.25) is 14.5 Å². The molecule has 1 amide bonds. The molecule has 0 saturated carbocycles. The fourth-order valence-corrected chi connectivity index (χ4v) is 5.97. The van der Waals surface area contributed by atoms with Gasteiger partial charge in [0, 0.05) is 47.3 Å². The van der Waals surface area contributed by atoms with E-state index >= 15 is 0 Å². The molecule has 2 N–H and O–H groups in total. The van der Waals surface area contributed by atoms with E-state index in [1.165, 1.54) is 12.1 Å². The average molecular weight is 533 g/mol. The van der Waals surface area contributed by atoms with Crippen LogP contribution in [0.1, 0.15) is 42.2 Å². The number of rotatable bonds is 6. The Morgan fingerprint density at radius 1 is 0.868 bits per heavy atom. The summed E-state index contributed by atoms with van der Waals surface area (Å²) in [5, 5.41) is 5.27. The van der Waals surface area contributed by atoms with Crippen LogP contribution >= 0.6 is 0 Å². The van der Waals surface area contributed by atoms with Crippen molar-refractivity contribution >= 4 is 27.4 Å². The molecule has 0 radical (unpaired) electrons. The van der Waals surface area contributed by atoms with Crippen molar-refractivity contribution in [3.8, 4) is 11.5 Å². The van der Waals surface area contributed by atoms with Crippen LogP contribution < -0.4 is 19.5 Å². The normalized spacial score (nSPS) is 19.8. The maximum Gasteiger partial charge on any atom is 0.238 e. The molecule has 1 heterocycles. The molecule has 2 unspecified atom stereocenters. The van der Waals surface area contributed by atoms with Gasteiger partial charge >= 0.3 is 0 Å². The summed E-state index contributed by atoms with van der Waals surface area (Å²) in [7, 11) is -0.783. The SMILES string of the molecule is COc1ccc(C2CC(=O)N(c3ccc(S(N)(=O)=O)cc3)C3=C2C(=O)CC(c2ccccc2)C3)c(OC)c1. The van der Waals surface area contributed by atoms with Gasteiger partial charge in [-0.15, -0.1) is 0 Å². The molecule has 5 rings (SSSR count). The van der Waals surface area contributed by atoms with Crippen LogP contribution in [-0.2, 0) is 19.6 Å². The highest BCUT2D eigenvalue weighted by Gasteiger charge is 2.43. The van der Waals surface area contributed by atoms with Crippen molar-refractivity contribution in [3.63, 3.8) is 0 Å². The summed E-state index contributed by atoms with van der Waals surface area (Å²) in [6.45, 7) is 0. The predicted octanol–water partition coefficient (Wildman–Crippen LogP) is 4.27. The van der Waals surface area contributed by atoms with Gasteiger partial charge in [0.15, 0.2) is 5.78 Å². The monoisotopic (exact) mass is 532 g/mol. The molecule has 1 aliphatic heterocycles. The summed E-state index contributed by atoms with van der Waals surface area (Å²) in [4.78, 5) is 29.1. The zero-order valence-corrected chi connectivity index (χ0v) is 21.9. The van der Waals surface area contributed by atoms with Crippen molar-refractivity contribution in [1.82, 2.24) is 0 Å². The highest BCUT2D eigenvalue weighted by atomic mass is 32.2. The molecule has 9 heteroatoms. The summed E-state index contributed by atoms with van der Waals surface area (Å²) in [5.41, 5.74) is 3.45. The molecule has 196 valence electrons. The minimum absolute atomic E-state index is 0.0263. The van der Waals surface area contributed by atoms with Crippen LogP contribution in [0.2, 0.25) is 0 Å². The number of carbonyl (C=O) groups is 2. The largest absolute Gasteiger partial charge is 0.497 e. The fraction of sp³-hybridized carbons (Fsp3) is 0.241. The van der Waals surface area contributed by atoms with Crippen molar-refractivity contribution < 1.29 is 27.5 Å². The Bertz CT molecular complexity index is 1530. The van der Waals surface area contributed by atoms with Crippen LogP contribution in [-0.4, -0.2) is 34.3 Å². The van der Waals surface area contributed by atoms with Gasteiger partial charge in [-0.2, -0.15) is 0 Å².